The summed E-state index contributed by atoms with van der Waals surface area (Å²) in [6.07, 6.45) is 0.463. The molecule has 0 saturated carbocycles. The van der Waals surface area contributed by atoms with E-state index in [2.05, 4.69) is 10.6 Å². The van der Waals surface area contributed by atoms with E-state index in [4.69, 9.17) is 28.1 Å². The van der Waals surface area contributed by atoms with E-state index in [1.807, 2.05) is 44.2 Å². The van der Waals surface area contributed by atoms with Gasteiger partial charge in [0.25, 0.3) is 5.91 Å². The van der Waals surface area contributed by atoms with Crippen molar-refractivity contribution in [3.05, 3.63) is 78.3 Å². The van der Waals surface area contributed by atoms with E-state index in [0.717, 1.165) is 5.56 Å². The van der Waals surface area contributed by atoms with Gasteiger partial charge in [0, 0.05) is 25.7 Å². The van der Waals surface area contributed by atoms with Gasteiger partial charge in [-0.25, -0.2) is 13.2 Å². The van der Waals surface area contributed by atoms with E-state index in [1.54, 1.807) is 18.2 Å². The standard InChI is InChI=1S/C36H45N3O11S/c1-36(2,14-7-15-37-33(41)30-10-6-16-45-30)22-39(51(43,44)25-11-12-29-31(19-25)49-23-48-29)20-28(40)27(18-24-8-4-3-5-9-24)38-35(42)50-32-21-47-34-26(32)13-17-46-34/h3-6,8-12,16,19,26-28,32,34,40H,7,13-15,17-18,20-23H2,1-2H3,(H,37,41)(H,38,42)/t26-,27-,28+,32-,34+/m0/s1. The van der Waals surface area contributed by atoms with E-state index < -0.39 is 46.1 Å². The maximum atomic E-state index is 14.3. The Hall–Kier alpha value is -4.15. The molecule has 0 bridgehead atoms. The second-order valence-electron chi connectivity index (χ2n) is 13.8. The number of hydrogen-bond acceptors (Lipinski definition) is 11. The molecule has 0 aliphatic carbocycles. The number of rotatable bonds is 16. The molecule has 3 aliphatic heterocycles. The number of hydrogen-bond donors (Lipinski definition) is 3. The Labute approximate surface area is 297 Å². The summed E-state index contributed by atoms with van der Waals surface area (Å²) in [5.41, 5.74) is 0.236. The number of ether oxygens (including phenoxy) is 5. The fourth-order valence-corrected chi connectivity index (χ4v) is 8.27. The molecule has 2 aromatic carbocycles. The molecule has 3 aromatic rings. The molecule has 6 rings (SSSR count). The molecule has 5 atom stereocenters. The second kappa shape index (κ2) is 16.0. The highest BCUT2D eigenvalue weighted by atomic mass is 32.2. The highest BCUT2D eigenvalue weighted by molar-refractivity contribution is 7.89. The SMILES string of the molecule is CC(C)(CCCNC(=O)c1ccco1)CN(C[C@@H](O)[C@H](Cc1ccccc1)NC(=O)O[C@H]1CO[C@H]2OCC[C@H]21)S(=O)(=O)c1ccc2c(c1)OCO2. The molecule has 0 radical (unpaired) electrons. The third-order valence-corrected chi connectivity index (χ3v) is 11.2. The Morgan fingerprint density at radius 2 is 1.86 bits per heavy atom. The number of aliphatic hydroxyl groups excluding tert-OH is 1. The zero-order valence-corrected chi connectivity index (χ0v) is 29.5. The number of amides is 2. The van der Waals surface area contributed by atoms with Gasteiger partial charge < -0.3 is 43.8 Å². The predicted octanol–water partition coefficient (Wildman–Crippen LogP) is 3.70. The van der Waals surface area contributed by atoms with Gasteiger partial charge in [0.15, 0.2) is 23.5 Å². The molecule has 3 aliphatic rings. The van der Waals surface area contributed by atoms with Crippen molar-refractivity contribution in [1.82, 2.24) is 14.9 Å². The summed E-state index contributed by atoms with van der Waals surface area (Å²) in [6, 6.07) is 16.0. The summed E-state index contributed by atoms with van der Waals surface area (Å²) < 4.78 is 62.8. The molecule has 3 N–H and O–H groups in total. The van der Waals surface area contributed by atoms with Crippen molar-refractivity contribution in [2.75, 3.05) is 39.6 Å². The average molecular weight is 728 g/mol. The van der Waals surface area contributed by atoms with Crippen LogP contribution in [-0.4, -0.2) is 94.0 Å². The molecule has 2 amide bonds. The quantitative estimate of drug-likeness (QED) is 0.184. The van der Waals surface area contributed by atoms with Gasteiger partial charge in [0.05, 0.1) is 42.4 Å². The third kappa shape index (κ3) is 9.21. The zero-order chi connectivity index (χ0) is 36.0. The summed E-state index contributed by atoms with van der Waals surface area (Å²) >= 11 is 0. The summed E-state index contributed by atoms with van der Waals surface area (Å²) in [6.45, 7) is 4.61. The number of fused-ring (bicyclic) bond motifs is 2. The highest BCUT2D eigenvalue weighted by Gasteiger charge is 2.44. The number of carbonyl (C=O) groups excluding carboxylic acids is 2. The van der Waals surface area contributed by atoms with Crippen molar-refractivity contribution < 1.29 is 51.2 Å². The Morgan fingerprint density at radius 3 is 2.65 bits per heavy atom. The third-order valence-electron chi connectivity index (χ3n) is 9.35. The molecule has 0 unspecified atom stereocenters. The minimum atomic E-state index is -4.21. The molecule has 2 saturated heterocycles. The lowest BCUT2D eigenvalue weighted by atomic mass is 9.87. The van der Waals surface area contributed by atoms with Crippen molar-refractivity contribution >= 4 is 22.0 Å². The first-order valence-electron chi connectivity index (χ1n) is 17.1. The fraction of sp³-hybridized carbons (Fsp3) is 0.500. The summed E-state index contributed by atoms with van der Waals surface area (Å²) in [5.74, 6) is 0.545. The Bertz CT molecular complexity index is 1740. The van der Waals surface area contributed by atoms with Crippen molar-refractivity contribution in [2.24, 2.45) is 11.3 Å². The number of nitrogens with one attached hydrogen (secondary N) is 2. The van der Waals surface area contributed by atoms with Crippen LogP contribution in [0.25, 0.3) is 0 Å². The van der Waals surface area contributed by atoms with Gasteiger partial charge in [0.2, 0.25) is 16.8 Å². The van der Waals surface area contributed by atoms with Crippen molar-refractivity contribution in [2.45, 2.75) is 69.0 Å². The van der Waals surface area contributed by atoms with Gasteiger partial charge in [-0.15, -0.1) is 0 Å². The molecular weight excluding hydrogens is 682 g/mol. The van der Waals surface area contributed by atoms with E-state index in [1.165, 1.54) is 22.7 Å². The number of aliphatic hydroxyl groups is 1. The van der Waals surface area contributed by atoms with Gasteiger partial charge >= 0.3 is 6.09 Å². The largest absolute Gasteiger partial charge is 0.459 e. The molecular formula is C36H45N3O11S. The minimum Gasteiger partial charge on any atom is -0.459 e. The monoisotopic (exact) mass is 727 g/mol. The van der Waals surface area contributed by atoms with Crippen molar-refractivity contribution in [3.8, 4) is 11.5 Å². The molecule has 0 spiro atoms. The van der Waals surface area contributed by atoms with E-state index in [-0.39, 0.29) is 55.4 Å². The second-order valence-corrected chi connectivity index (χ2v) is 15.7. The van der Waals surface area contributed by atoms with Crippen LogP contribution in [0.15, 0.2) is 76.2 Å². The van der Waals surface area contributed by atoms with Crippen LogP contribution in [0.5, 0.6) is 11.5 Å². The minimum absolute atomic E-state index is 0.0188. The molecule has 1 aromatic heterocycles. The van der Waals surface area contributed by atoms with Crippen LogP contribution in [0.4, 0.5) is 4.79 Å². The lowest BCUT2D eigenvalue weighted by Gasteiger charge is -2.35. The van der Waals surface area contributed by atoms with E-state index in [0.29, 0.717) is 43.9 Å². The zero-order valence-electron chi connectivity index (χ0n) is 28.7. The van der Waals surface area contributed by atoms with Crippen LogP contribution in [-0.2, 0) is 30.7 Å². The van der Waals surface area contributed by atoms with Gasteiger partial charge in [-0.2, -0.15) is 4.31 Å². The smallest absolute Gasteiger partial charge is 0.407 e. The molecule has 276 valence electrons. The maximum absolute atomic E-state index is 14.3. The topological polar surface area (TPSA) is 175 Å². The summed E-state index contributed by atoms with van der Waals surface area (Å²) in [7, 11) is -4.21. The first-order chi connectivity index (χ1) is 24.5. The average Bonchev–Trinajstić information content (AvgIpc) is 3.93. The Kier molecular flexibility index (Phi) is 11.5. The number of nitrogens with zero attached hydrogens (tertiary/aromatic N) is 1. The van der Waals surface area contributed by atoms with Gasteiger partial charge in [-0.05, 0) is 60.9 Å². The van der Waals surface area contributed by atoms with Crippen LogP contribution < -0.4 is 20.1 Å². The van der Waals surface area contributed by atoms with Crippen LogP contribution >= 0.6 is 0 Å². The lowest BCUT2D eigenvalue weighted by molar-refractivity contribution is -0.0907. The molecule has 14 nitrogen and oxygen atoms in total. The number of alkyl carbamates (subject to hydrolysis) is 1. The molecule has 15 heteroatoms. The summed E-state index contributed by atoms with van der Waals surface area (Å²) in [4.78, 5) is 25.6. The first kappa shape index (κ1) is 36.6. The number of carbonyl (C=O) groups is 2. The fourth-order valence-electron chi connectivity index (χ4n) is 6.61. The van der Waals surface area contributed by atoms with E-state index >= 15 is 0 Å². The first-order valence-corrected chi connectivity index (χ1v) is 18.6. The van der Waals surface area contributed by atoms with Gasteiger partial charge in [-0.1, -0.05) is 44.2 Å². The maximum Gasteiger partial charge on any atom is 0.407 e. The van der Waals surface area contributed by atoms with Crippen LogP contribution in [0, 0.1) is 11.3 Å². The van der Waals surface area contributed by atoms with Gasteiger partial charge in [-0.3, -0.25) is 4.79 Å². The van der Waals surface area contributed by atoms with Crippen LogP contribution in [0.3, 0.4) is 0 Å². The number of furan rings is 1. The molecule has 51 heavy (non-hydrogen) atoms. The van der Waals surface area contributed by atoms with Crippen LogP contribution in [0.2, 0.25) is 0 Å². The Morgan fingerprint density at radius 1 is 1.06 bits per heavy atom. The lowest BCUT2D eigenvalue weighted by Crippen LogP contribution is -2.52. The van der Waals surface area contributed by atoms with Crippen molar-refractivity contribution in [1.29, 1.82) is 0 Å². The normalized spacial score (nSPS) is 20.9. The van der Waals surface area contributed by atoms with Crippen LogP contribution in [0.1, 0.15) is 49.2 Å². The van der Waals surface area contributed by atoms with Crippen molar-refractivity contribution in [3.63, 3.8) is 0 Å². The molecule has 2 fully saturated rings. The number of sulfonamides is 1. The van der Waals surface area contributed by atoms with Gasteiger partial charge in [0.1, 0.15) is 6.10 Å². The molecule has 4 heterocycles. The summed E-state index contributed by atoms with van der Waals surface area (Å²) in [5, 5.41) is 17.4. The number of benzene rings is 2. The Balaban J connectivity index is 1.18. The van der Waals surface area contributed by atoms with E-state index in [9.17, 15) is 23.1 Å². The predicted molar refractivity (Wildman–Crippen MR) is 183 cm³/mol. The highest BCUT2D eigenvalue weighted by Crippen LogP contribution is 2.36.